The van der Waals surface area contributed by atoms with Gasteiger partial charge in [-0.05, 0) is 37.6 Å². The fourth-order valence-electron chi connectivity index (χ4n) is 1.61. The van der Waals surface area contributed by atoms with Crippen molar-refractivity contribution in [3.63, 3.8) is 0 Å². The Morgan fingerprint density at radius 3 is 2.56 bits per heavy atom. The number of rotatable bonds is 2. The van der Waals surface area contributed by atoms with Gasteiger partial charge >= 0.3 is 0 Å². The Morgan fingerprint density at radius 2 is 2.00 bits per heavy atom. The minimum Gasteiger partial charge on any atom is -0.236 e. The van der Waals surface area contributed by atoms with Crippen LogP contribution in [0.5, 0.6) is 0 Å². The maximum Gasteiger partial charge on any atom is 0.0835 e. The zero-order valence-electron chi connectivity index (χ0n) is 9.17. The first kappa shape index (κ1) is 11.5. The highest BCUT2D eigenvalue weighted by atomic mass is 35.5. The molecule has 0 aliphatic heterocycles. The molecule has 2 nitrogen and oxygen atoms in total. The van der Waals surface area contributed by atoms with E-state index in [1.807, 2.05) is 23.7 Å². The molecule has 0 fully saturated rings. The van der Waals surface area contributed by atoms with Crippen molar-refractivity contribution >= 4 is 23.2 Å². The van der Waals surface area contributed by atoms with Crippen LogP contribution in [0.25, 0.3) is 5.69 Å². The van der Waals surface area contributed by atoms with E-state index < -0.39 is 0 Å². The van der Waals surface area contributed by atoms with Gasteiger partial charge < -0.3 is 0 Å². The summed E-state index contributed by atoms with van der Waals surface area (Å²) in [6.07, 6.45) is 0.916. The van der Waals surface area contributed by atoms with Crippen molar-refractivity contribution in [3.05, 3.63) is 45.7 Å². The molecule has 0 aliphatic rings. The van der Waals surface area contributed by atoms with E-state index in [9.17, 15) is 0 Å². The molecule has 2 aromatic rings. The monoisotopic (exact) mass is 254 g/mol. The second kappa shape index (κ2) is 4.48. The summed E-state index contributed by atoms with van der Waals surface area (Å²) in [6.45, 7) is 4.09. The second-order valence-electron chi connectivity index (χ2n) is 3.64. The van der Waals surface area contributed by atoms with E-state index in [-0.39, 0.29) is 0 Å². The van der Waals surface area contributed by atoms with Crippen LogP contribution >= 0.6 is 23.2 Å². The summed E-state index contributed by atoms with van der Waals surface area (Å²) in [5.74, 6) is 0. The molecule has 0 amide bonds. The highest BCUT2D eigenvalue weighted by molar-refractivity contribution is 6.35. The molecule has 84 valence electrons. The van der Waals surface area contributed by atoms with Crippen molar-refractivity contribution in [2.45, 2.75) is 20.3 Å². The predicted octanol–water partition coefficient (Wildman–Crippen LogP) is 4.05. The Labute approximate surface area is 105 Å². The summed E-state index contributed by atoms with van der Waals surface area (Å²) >= 11 is 12.0. The molecule has 1 heterocycles. The summed E-state index contributed by atoms with van der Waals surface area (Å²) in [5, 5.41) is 5.72. The lowest BCUT2D eigenvalue weighted by molar-refractivity contribution is 0.818. The smallest absolute Gasteiger partial charge is 0.0835 e. The minimum absolute atomic E-state index is 0.612. The Bertz CT molecular complexity index is 518. The van der Waals surface area contributed by atoms with Crippen LogP contribution in [0.1, 0.15) is 18.3 Å². The summed E-state index contributed by atoms with van der Waals surface area (Å²) in [4.78, 5) is 0. The highest BCUT2D eigenvalue weighted by Crippen LogP contribution is 2.25. The number of aryl methyl sites for hydroxylation is 2. The van der Waals surface area contributed by atoms with Gasteiger partial charge in [0.25, 0.3) is 0 Å². The van der Waals surface area contributed by atoms with Crippen LogP contribution in [0.2, 0.25) is 10.0 Å². The molecule has 0 atom stereocenters. The summed E-state index contributed by atoms with van der Waals surface area (Å²) < 4.78 is 1.84. The maximum absolute atomic E-state index is 6.14. The molecule has 2 rings (SSSR count). The fraction of sp³-hybridized carbons (Fsp3) is 0.250. The van der Waals surface area contributed by atoms with Crippen molar-refractivity contribution in [1.29, 1.82) is 0 Å². The summed E-state index contributed by atoms with van der Waals surface area (Å²) in [7, 11) is 0. The van der Waals surface area contributed by atoms with Crippen LogP contribution in [0, 0.1) is 6.92 Å². The zero-order valence-corrected chi connectivity index (χ0v) is 10.7. The Kier molecular flexibility index (Phi) is 3.22. The number of hydrogen-bond donors (Lipinski definition) is 0. The quantitative estimate of drug-likeness (QED) is 0.791. The predicted molar refractivity (Wildman–Crippen MR) is 67.7 cm³/mol. The third kappa shape index (κ3) is 2.08. The third-order valence-electron chi connectivity index (χ3n) is 2.44. The molecule has 0 radical (unpaired) electrons. The van der Waals surface area contributed by atoms with Crippen LogP contribution in [0.15, 0.2) is 24.3 Å². The van der Waals surface area contributed by atoms with Crippen molar-refractivity contribution in [2.24, 2.45) is 0 Å². The maximum atomic E-state index is 6.14. The van der Waals surface area contributed by atoms with Gasteiger partial charge in [0.15, 0.2) is 0 Å². The summed E-state index contributed by atoms with van der Waals surface area (Å²) in [5.41, 5.74) is 2.99. The van der Waals surface area contributed by atoms with Crippen LogP contribution in [-0.2, 0) is 6.42 Å². The second-order valence-corrected chi connectivity index (χ2v) is 4.48. The first-order valence-electron chi connectivity index (χ1n) is 5.12. The van der Waals surface area contributed by atoms with E-state index in [0.717, 1.165) is 23.5 Å². The van der Waals surface area contributed by atoms with Gasteiger partial charge in [-0.25, -0.2) is 4.68 Å². The van der Waals surface area contributed by atoms with Crippen LogP contribution in [0.4, 0.5) is 0 Å². The van der Waals surface area contributed by atoms with Gasteiger partial charge in [-0.3, -0.25) is 0 Å². The van der Waals surface area contributed by atoms with Gasteiger partial charge in [0.05, 0.1) is 16.4 Å². The van der Waals surface area contributed by atoms with Crippen molar-refractivity contribution in [3.8, 4) is 5.69 Å². The minimum atomic E-state index is 0.612. The van der Waals surface area contributed by atoms with Crippen molar-refractivity contribution in [2.75, 3.05) is 0 Å². The van der Waals surface area contributed by atoms with E-state index >= 15 is 0 Å². The topological polar surface area (TPSA) is 17.8 Å². The molecule has 0 unspecified atom stereocenters. The summed E-state index contributed by atoms with van der Waals surface area (Å²) in [6, 6.07) is 7.48. The molecule has 4 heteroatoms. The largest absolute Gasteiger partial charge is 0.236 e. The Morgan fingerprint density at radius 1 is 1.25 bits per heavy atom. The lowest BCUT2D eigenvalue weighted by Gasteiger charge is -2.06. The lowest BCUT2D eigenvalue weighted by Crippen LogP contribution is -2.00. The Hall–Kier alpha value is -0.990. The standard InChI is InChI=1S/C12H12Cl2N2/c1-3-10-6-8(2)16(15-10)12-5-4-9(13)7-11(12)14/h4-7H,3H2,1-2H3. The first-order valence-corrected chi connectivity index (χ1v) is 5.88. The van der Waals surface area contributed by atoms with Crippen LogP contribution in [0.3, 0.4) is 0 Å². The molecule has 0 bridgehead atoms. The normalized spacial score (nSPS) is 10.8. The van der Waals surface area contributed by atoms with Gasteiger partial charge in [-0.1, -0.05) is 30.1 Å². The molecular weight excluding hydrogens is 243 g/mol. The van der Waals surface area contributed by atoms with E-state index in [0.29, 0.717) is 10.0 Å². The SMILES string of the molecule is CCc1cc(C)n(-c2ccc(Cl)cc2Cl)n1. The van der Waals surface area contributed by atoms with Crippen LogP contribution in [-0.4, -0.2) is 9.78 Å². The first-order chi connectivity index (χ1) is 7.61. The molecule has 1 aromatic carbocycles. The highest BCUT2D eigenvalue weighted by Gasteiger charge is 2.08. The van der Waals surface area contributed by atoms with Gasteiger partial charge in [0, 0.05) is 10.7 Å². The van der Waals surface area contributed by atoms with Crippen molar-refractivity contribution < 1.29 is 0 Å². The molecular formula is C12H12Cl2N2. The fourth-order valence-corrected chi connectivity index (χ4v) is 2.10. The lowest BCUT2D eigenvalue weighted by atomic mass is 10.3. The number of hydrogen-bond acceptors (Lipinski definition) is 1. The van der Waals surface area contributed by atoms with E-state index in [2.05, 4.69) is 18.1 Å². The Balaban J connectivity index is 2.53. The van der Waals surface area contributed by atoms with Gasteiger partial charge in [-0.15, -0.1) is 0 Å². The van der Waals surface area contributed by atoms with Crippen molar-refractivity contribution in [1.82, 2.24) is 9.78 Å². The molecule has 1 aromatic heterocycles. The molecule has 0 aliphatic carbocycles. The van der Waals surface area contributed by atoms with Gasteiger partial charge in [0.2, 0.25) is 0 Å². The third-order valence-corrected chi connectivity index (χ3v) is 2.98. The zero-order chi connectivity index (χ0) is 11.7. The molecule has 0 saturated carbocycles. The average molecular weight is 255 g/mol. The van der Waals surface area contributed by atoms with Crippen LogP contribution < -0.4 is 0 Å². The number of halogens is 2. The van der Waals surface area contributed by atoms with Gasteiger partial charge in [-0.2, -0.15) is 5.10 Å². The van der Waals surface area contributed by atoms with E-state index in [1.54, 1.807) is 6.07 Å². The van der Waals surface area contributed by atoms with E-state index in [4.69, 9.17) is 23.2 Å². The molecule has 0 N–H and O–H groups in total. The number of benzene rings is 1. The number of nitrogens with zero attached hydrogens (tertiary/aromatic N) is 2. The number of aromatic nitrogens is 2. The average Bonchev–Trinajstić information content (AvgIpc) is 2.60. The molecule has 0 saturated heterocycles. The van der Waals surface area contributed by atoms with Gasteiger partial charge in [0.1, 0.15) is 0 Å². The molecule has 0 spiro atoms. The van der Waals surface area contributed by atoms with E-state index in [1.165, 1.54) is 0 Å². The molecule has 16 heavy (non-hydrogen) atoms.